The van der Waals surface area contributed by atoms with Crippen LogP contribution in [0.1, 0.15) is 56.7 Å². The number of H-pyrrole nitrogens is 1. The molecule has 4 rings (SSSR count). The molecule has 124 valence electrons. The van der Waals surface area contributed by atoms with Crippen molar-refractivity contribution in [2.75, 3.05) is 13.1 Å². The van der Waals surface area contributed by atoms with Gasteiger partial charge in [-0.15, -0.1) is 0 Å². The molecule has 1 aromatic heterocycles. The van der Waals surface area contributed by atoms with Crippen molar-refractivity contribution in [2.45, 2.75) is 57.9 Å². The molecule has 1 aromatic carbocycles. The number of hydrogen-bond donors (Lipinski definition) is 2. The highest BCUT2D eigenvalue weighted by atomic mass is 16.3. The fourth-order valence-electron chi connectivity index (χ4n) is 4.84. The number of benzene rings is 1. The van der Waals surface area contributed by atoms with Crippen LogP contribution in [0.5, 0.6) is 5.75 Å². The number of piperidine rings is 1. The average Bonchev–Trinajstić information content (AvgIpc) is 2.87. The summed E-state index contributed by atoms with van der Waals surface area (Å²) in [7, 11) is 0. The molecular formula is C20H28N2O. The van der Waals surface area contributed by atoms with Crippen LogP contribution < -0.4 is 0 Å². The van der Waals surface area contributed by atoms with E-state index in [-0.39, 0.29) is 0 Å². The normalized spacial score (nSPS) is 30.2. The second kappa shape index (κ2) is 5.86. The highest BCUT2D eigenvalue weighted by Crippen LogP contribution is 2.42. The number of phenolic OH excluding ortho intramolecular Hbond substituents is 1. The molecule has 4 atom stereocenters. The first kappa shape index (κ1) is 15.1. The predicted molar refractivity (Wildman–Crippen MR) is 95.1 cm³/mol. The molecule has 2 aliphatic heterocycles. The molecular weight excluding hydrogens is 284 g/mol. The van der Waals surface area contributed by atoms with Gasteiger partial charge in [-0.25, -0.2) is 0 Å². The van der Waals surface area contributed by atoms with Gasteiger partial charge in [0, 0.05) is 41.6 Å². The highest BCUT2D eigenvalue weighted by molar-refractivity contribution is 5.86. The largest absolute Gasteiger partial charge is 0.508 e. The maximum Gasteiger partial charge on any atom is 0.116 e. The van der Waals surface area contributed by atoms with E-state index in [2.05, 4.69) is 23.7 Å². The number of aromatic nitrogens is 1. The highest BCUT2D eigenvalue weighted by Gasteiger charge is 2.38. The average molecular weight is 312 g/mol. The number of rotatable bonds is 3. The van der Waals surface area contributed by atoms with E-state index in [9.17, 15) is 5.11 Å². The lowest BCUT2D eigenvalue weighted by Crippen LogP contribution is -2.45. The number of aromatic amines is 1. The number of hydrogen-bond acceptors (Lipinski definition) is 2. The second-order valence-corrected chi connectivity index (χ2v) is 7.58. The molecule has 2 bridgehead atoms. The minimum atomic E-state index is 0.376. The summed E-state index contributed by atoms with van der Waals surface area (Å²) in [5.74, 6) is 1.82. The van der Waals surface area contributed by atoms with Gasteiger partial charge in [0.1, 0.15) is 5.75 Å². The zero-order valence-electron chi connectivity index (χ0n) is 14.3. The van der Waals surface area contributed by atoms with Gasteiger partial charge in [0.2, 0.25) is 0 Å². The fraction of sp³-hybridized carbons (Fsp3) is 0.600. The predicted octanol–water partition coefficient (Wildman–Crippen LogP) is 4.41. The van der Waals surface area contributed by atoms with Gasteiger partial charge in [0.15, 0.2) is 0 Å². The Hall–Kier alpha value is -1.48. The number of fused-ring (bicyclic) bond motifs is 6. The summed E-state index contributed by atoms with van der Waals surface area (Å²) in [6, 6.07) is 6.38. The van der Waals surface area contributed by atoms with Gasteiger partial charge in [-0.2, -0.15) is 0 Å². The van der Waals surface area contributed by atoms with Gasteiger partial charge in [-0.1, -0.05) is 19.8 Å². The van der Waals surface area contributed by atoms with E-state index in [1.165, 1.54) is 54.4 Å². The third-order valence-corrected chi connectivity index (χ3v) is 6.15. The van der Waals surface area contributed by atoms with Crippen molar-refractivity contribution < 1.29 is 5.11 Å². The molecule has 1 fully saturated rings. The minimum absolute atomic E-state index is 0.376. The quantitative estimate of drug-likeness (QED) is 0.881. The summed E-state index contributed by atoms with van der Waals surface area (Å²) >= 11 is 0. The van der Waals surface area contributed by atoms with Crippen LogP contribution in [-0.4, -0.2) is 34.1 Å². The van der Waals surface area contributed by atoms with E-state index in [0.717, 1.165) is 18.9 Å². The Morgan fingerprint density at radius 1 is 1.35 bits per heavy atom. The number of aromatic hydroxyl groups is 1. The number of unbranched alkanes of at least 4 members (excludes halogenated alkanes) is 1. The van der Waals surface area contributed by atoms with Gasteiger partial charge < -0.3 is 10.1 Å². The fourth-order valence-corrected chi connectivity index (χ4v) is 4.84. The second-order valence-electron chi connectivity index (χ2n) is 7.58. The standard InChI is InChI=1S/C20H28N2O/c1-3-4-5-14-10-17-13(2)22(12-14)9-8-16-18-11-15(23)6-7-19(18)21-20(16)17/h6-7,11,13-14,17,21,23H,3-5,8-10,12H2,1-2H3/t13?,14-,17+/m0/s1. The molecule has 1 saturated heterocycles. The number of phenols is 1. The Morgan fingerprint density at radius 3 is 3.04 bits per heavy atom. The third-order valence-electron chi connectivity index (χ3n) is 6.15. The molecule has 0 radical (unpaired) electrons. The Balaban J connectivity index is 1.74. The van der Waals surface area contributed by atoms with E-state index >= 15 is 0 Å². The molecule has 3 nitrogen and oxygen atoms in total. The summed E-state index contributed by atoms with van der Waals surface area (Å²) in [5, 5.41) is 11.1. The summed E-state index contributed by atoms with van der Waals surface area (Å²) in [5.41, 5.74) is 4.08. The summed E-state index contributed by atoms with van der Waals surface area (Å²) in [4.78, 5) is 6.41. The number of nitrogens with zero attached hydrogens (tertiary/aromatic N) is 1. The molecule has 0 spiro atoms. The molecule has 3 heteroatoms. The maximum atomic E-state index is 9.87. The van der Waals surface area contributed by atoms with Crippen LogP contribution in [0, 0.1) is 5.92 Å². The Kier molecular flexibility index (Phi) is 3.84. The van der Waals surface area contributed by atoms with Gasteiger partial charge in [0.25, 0.3) is 0 Å². The molecule has 23 heavy (non-hydrogen) atoms. The van der Waals surface area contributed by atoms with E-state index in [0.29, 0.717) is 17.7 Å². The van der Waals surface area contributed by atoms with Crippen LogP contribution in [0.4, 0.5) is 0 Å². The molecule has 0 saturated carbocycles. The van der Waals surface area contributed by atoms with Crippen LogP contribution in [0.2, 0.25) is 0 Å². The summed E-state index contributed by atoms with van der Waals surface area (Å²) in [6.07, 6.45) is 6.43. The van der Waals surface area contributed by atoms with Crippen molar-refractivity contribution in [3.8, 4) is 5.75 Å². The van der Waals surface area contributed by atoms with Crippen LogP contribution in [0.3, 0.4) is 0 Å². The topological polar surface area (TPSA) is 39.3 Å². The van der Waals surface area contributed by atoms with Gasteiger partial charge >= 0.3 is 0 Å². The van der Waals surface area contributed by atoms with E-state index < -0.39 is 0 Å². The van der Waals surface area contributed by atoms with Crippen LogP contribution in [0.25, 0.3) is 10.9 Å². The SMILES string of the molecule is CCCC[C@H]1C[C@H]2c3[nH]c4ccc(O)cc4c3CCN(C1)C2C. The van der Waals surface area contributed by atoms with Crippen molar-refractivity contribution in [3.05, 3.63) is 29.5 Å². The van der Waals surface area contributed by atoms with Crippen molar-refractivity contribution >= 4 is 10.9 Å². The van der Waals surface area contributed by atoms with Crippen molar-refractivity contribution in [1.82, 2.24) is 9.88 Å². The Morgan fingerprint density at radius 2 is 2.22 bits per heavy atom. The molecule has 0 amide bonds. The zero-order chi connectivity index (χ0) is 16.0. The smallest absolute Gasteiger partial charge is 0.116 e. The molecule has 3 heterocycles. The first-order chi connectivity index (χ1) is 11.2. The van der Waals surface area contributed by atoms with E-state index in [1.54, 1.807) is 6.07 Å². The van der Waals surface area contributed by atoms with Gasteiger partial charge in [0.05, 0.1) is 0 Å². The maximum absolute atomic E-state index is 9.87. The first-order valence-corrected chi connectivity index (χ1v) is 9.25. The van der Waals surface area contributed by atoms with Crippen LogP contribution in [0.15, 0.2) is 18.2 Å². The summed E-state index contributed by atoms with van der Waals surface area (Å²) in [6.45, 7) is 7.11. The minimum Gasteiger partial charge on any atom is -0.508 e. The Bertz CT molecular complexity index is 705. The third kappa shape index (κ3) is 2.55. The molecule has 2 aliphatic rings. The van der Waals surface area contributed by atoms with E-state index in [4.69, 9.17) is 0 Å². The lowest BCUT2D eigenvalue weighted by atomic mass is 9.80. The van der Waals surface area contributed by atoms with Crippen molar-refractivity contribution in [3.63, 3.8) is 0 Å². The monoisotopic (exact) mass is 312 g/mol. The summed E-state index contributed by atoms with van der Waals surface area (Å²) < 4.78 is 0. The van der Waals surface area contributed by atoms with E-state index in [1.807, 2.05) is 12.1 Å². The molecule has 2 unspecified atom stereocenters. The number of nitrogens with one attached hydrogen (secondary N) is 1. The lowest BCUT2D eigenvalue weighted by Gasteiger charge is -2.42. The Labute approximate surface area is 138 Å². The van der Waals surface area contributed by atoms with Crippen molar-refractivity contribution in [2.24, 2.45) is 5.92 Å². The van der Waals surface area contributed by atoms with Gasteiger partial charge in [-0.3, -0.25) is 4.90 Å². The van der Waals surface area contributed by atoms with Crippen LogP contribution >= 0.6 is 0 Å². The van der Waals surface area contributed by atoms with Crippen LogP contribution in [-0.2, 0) is 6.42 Å². The molecule has 2 N–H and O–H groups in total. The van der Waals surface area contributed by atoms with Crippen molar-refractivity contribution in [1.29, 1.82) is 0 Å². The molecule has 2 aromatic rings. The van der Waals surface area contributed by atoms with Gasteiger partial charge in [-0.05, 0) is 55.9 Å². The lowest BCUT2D eigenvalue weighted by molar-refractivity contribution is 0.0984. The molecule has 0 aliphatic carbocycles. The zero-order valence-corrected chi connectivity index (χ0v) is 14.3. The first-order valence-electron chi connectivity index (χ1n) is 9.25.